The maximum atomic E-state index is 14.1. The monoisotopic (exact) mass is 335 g/mol. The maximum absolute atomic E-state index is 14.1. The Morgan fingerprint density at radius 2 is 2.04 bits per heavy atom. The molecule has 7 heteroatoms. The molecule has 1 saturated heterocycles. The van der Waals surface area contributed by atoms with E-state index in [2.05, 4.69) is 9.88 Å². The molecule has 1 atom stereocenters. The molecule has 3 rings (SSSR count). The van der Waals surface area contributed by atoms with Gasteiger partial charge in [-0.15, -0.1) is 11.3 Å². The van der Waals surface area contributed by atoms with Crippen molar-refractivity contribution in [2.45, 2.75) is 6.04 Å². The van der Waals surface area contributed by atoms with Crippen LogP contribution in [0.25, 0.3) is 0 Å². The molecular formula is C16H18FN3O2S. The lowest BCUT2D eigenvalue weighted by atomic mass is 10.0. The minimum absolute atomic E-state index is 0.363. The highest BCUT2D eigenvalue weighted by Gasteiger charge is 2.33. The number of benzene rings is 1. The van der Waals surface area contributed by atoms with Gasteiger partial charge in [0.1, 0.15) is 11.9 Å². The number of methoxy groups -OCH3 is 1. The predicted octanol–water partition coefficient (Wildman–Crippen LogP) is 2.32. The standard InChI is InChI=1S/C16H18FN3O2S/c1-22-15(21)14(12-4-2-3-5-13(12)17)19-7-9-20(10-8-19)16-18-6-11-23-16/h2-6,11,14H,7-10H2,1H3/t14-/m0/s1. The molecule has 0 radical (unpaired) electrons. The quantitative estimate of drug-likeness (QED) is 0.803. The van der Waals surface area contributed by atoms with Crippen molar-refractivity contribution in [2.24, 2.45) is 0 Å². The molecule has 0 saturated carbocycles. The molecule has 122 valence electrons. The van der Waals surface area contributed by atoms with Crippen molar-refractivity contribution in [3.05, 3.63) is 47.2 Å². The zero-order chi connectivity index (χ0) is 16.2. The Hall–Kier alpha value is -1.99. The fourth-order valence-corrected chi connectivity index (χ4v) is 3.52. The summed E-state index contributed by atoms with van der Waals surface area (Å²) in [4.78, 5) is 20.7. The minimum Gasteiger partial charge on any atom is -0.468 e. The molecule has 2 aromatic rings. The number of carbonyl (C=O) groups excluding carboxylic acids is 1. The molecule has 5 nitrogen and oxygen atoms in total. The summed E-state index contributed by atoms with van der Waals surface area (Å²) in [6.07, 6.45) is 1.78. The number of hydrogen-bond acceptors (Lipinski definition) is 6. The van der Waals surface area contributed by atoms with Crippen molar-refractivity contribution in [1.82, 2.24) is 9.88 Å². The second kappa shape index (κ2) is 7.06. The van der Waals surface area contributed by atoms with Crippen molar-refractivity contribution in [2.75, 3.05) is 38.2 Å². The zero-order valence-electron chi connectivity index (χ0n) is 12.8. The van der Waals surface area contributed by atoms with Crippen LogP contribution in [-0.2, 0) is 9.53 Å². The number of ether oxygens (including phenoxy) is 1. The average Bonchev–Trinajstić information content (AvgIpc) is 3.12. The Balaban J connectivity index is 1.77. The van der Waals surface area contributed by atoms with Crippen LogP contribution < -0.4 is 4.90 Å². The first-order valence-electron chi connectivity index (χ1n) is 7.41. The summed E-state index contributed by atoms with van der Waals surface area (Å²) in [5.41, 5.74) is 0.363. The first kappa shape index (κ1) is 15.9. The van der Waals surface area contributed by atoms with E-state index in [1.54, 1.807) is 35.7 Å². The Morgan fingerprint density at radius 3 is 2.65 bits per heavy atom. The Bertz CT molecular complexity index is 657. The van der Waals surface area contributed by atoms with Crippen LogP contribution in [0.4, 0.5) is 9.52 Å². The Labute approximate surface area is 138 Å². The van der Waals surface area contributed by atoms with Gasteiger partial charge in [-0.2, -0.15) is 0 Å². The highest BCUT2D eigenvalue weighted by molar-refractivity contribution is 7.13. The molecule has 0 aliphatic carbocycles. The van der Waals surface area contributed by atoms with Crippen LogP contribution in [0, 0.1) is 5.82 Å². The maximum Gasteiger partial charge on any atom is 0.327 e. The first-order valence-corrected chi connectivity index (χ1v) is 8.29. The molecule has 0 bridgehead atoms. The molecule has 1 aliphatic heterocycles. The topological polar surface area (TPSA) is 45.7 Å². The number of esters is 1. The number of rotatable bonds is 4. The molecule has 1 aromatic heterocycles. The molecule has 1 fully saturated rings. The molecular weight excluding hydrogens is 317 g/mol. The van der Waals surface area contributed by atoms with E-state index in [9.17, 15) is 9.18 Å². The third-order valence-corrected chi connectivity index (χ3v) is 4.83. The largest absolute Gasteiger partial charge is 0.468 e. The normalized spacial score (nSPS) is 17.0. The van der Waals surface area contributed by atoms with Gasteiger partial charge in [0, 0.05) is 43.3 Å². The second-order valence-corrected chi connectivity index (χ2v) is 6.16. The van der Waals surface area contributed by atoms with Gasteiger partial charge in [-0.05, 0) is 6.07 Å². The summed E-state index contributed by atoms with van der Waals surface area (Å²) in [7, 11) is 1.34. The summed E-state index contributed by atoms with van der Waals surface area (Å²) in [6, 6.07) is 5.66. The summed E-state index contributed by atoms with van der Waals surface area (Å²) in [5.74, 6) is -0.817. The van der Waals surface area contributed by atoms with Gasteiger partial charge in [0.25, 0.3) is 0 Å². The third-order valence-electron chi connectivity index (χ3n) is 3.99. The van der Waals surface area contributed by atoms with E-state index in [-0.39, 0.29) is 5.82 Å². The van der Waals surface area contributed by atoms with Crippen LogP contribution >= 0.6 is 11.3 Å². The predicted molar refractivity (Wildman–Crippen MR) is 87.1 cm³/mol. The van der Waals surface area contributed by atoms with Gasteiger partial charge in [0.05, 0.1) is 7.11 Å². The van der Waals surface area contributed by atoms with E-state index in [0.29, 0.717) is 18.7 Å². The van der Waals surface area contributed by atoms with E-state index < -0.39 is 12.0 Å². The number of thiazole rings is 1. The Morgan fingerprint density at radius 1 is 1.30 bits per heavy atom. The molecule has 1 aliphatic rings. The first-order chi connectivity index (χ1) is 11.2. The molecule has 1 aromatic carbocycles. The van der Waals surface area contributed by atoms with Crippen LogP contribution in [0.3, 0.4) is 0 Å². The molecule has 0 N–H and O–H groups in total. The van der Waals surface area contributed by atoms with Crippen LogP contribution in [0.2, 0.25) is 0 Å². The lowest BCUT2D eigenvalue weighted by Gasteiger charge is -2.38. The molecule has 2 heterocycles. The van der Waals surface area contributed by atoms with E-state index >= 15 is 0 Å². The van der Waals surface area contributed by atoms with Crippen molar-refractivity contribution < 1.29 is 13.9 Å². The van der Waals surface area contributed by atoms with Crippen molar-refractivity contribution in [1.29, 1.82) is 0 Å². The highest BCUT2D eigenvalue weighted by Crippen LogP contribution is 2.27. The van der Waals surface area contributed by atoms with E-state index in [1.165, 1.54) is 13.2 Å². The van der Waals surface area contributed by atoms with Crippen molar-refractivity contribution >= 4 is 22.4 Å². The molecule has 0 amide bonds. The van der Waals surface area contributed by atoms with Gasteiger partial charge in [0.2, 0.25) is 0 Å². The molecule has 0 spiro atoms. The highest BCUT2D eigenvalue weighted by atomic mass is 32.1. The molecule has 23 heavy (non-hydrogen) atoms. The van der Waals surface area contributed by atoms with Crippen LogP contribution in [0.5, 0.6) is 0 Å². The summed E-state index contributed by atoms with van der Waals surface area (Å²) in [5, 5.41) is 2.92. The second-order valence-electron chi connectivity index (χ2n) is 5.28. The van der Waals surface area contributed by atoms with Crippen LogP contribution in [0.1, 0.15) is 11.6 Å². The van der Waals surface area contributed by atoms with E-state index in [4.69, 9.17) is 4.74 Å². The van der Waals surface area contributed by atoms with E-state index in [0.717, 1.165) is 18.2 Å². The van der Waals surface area contributed by atoms with Gasteiger partial charge in [-0.3, -0.25) is 4.90 Å². The average molecular weight is 335 g/mol. The lowest BCUT2D eigenvalue weighted by Crippen LogP contribution is -2.49. The van der Waals surface area contributed by atoms with Crippen LogP contribution in [-0.4, -0.2) is 49.1 Å². The van der Waals surface area contributed by atoms with Gasteiger partial charge in [-0.1, -0.05) is 18.2 Å². The number of aromatic nitrogens is 1. The summed E-state index contributed by atoms with van der Waals surface area (Å²) >= 11 is 1.59. The third kappa shape index (κ3) is 3.35. The molecule has 0 unspecified atom stereocenters. The zero-order valence-corrected chi connectivity index (χ0v) is 13.6. The van der Waals surface area contributed by atoms with E-state index in [1.807, 2.05) is 10.3 Å². The number of hydrogen-bond donors (Lipinski definition) is 0. The fraction of sp³-hybridized carbons (Fsp3) is 0.375. The summed E-state index contributed by atoms with van der Waals surface area (Å²) in [6.45, 7) is 2.78. The smallest absolute Gasteiger partial charge is 0.327 e. The Kier molecular flexibility index (Phi) is 4.88. The SMILES string of the molecule is COC(=O)[C@H](c1ccccc1F)N1CCN(c2nccs2)CC1. The summed E-state index contributed by atoms with van der Waals surface area (Å²) < 4.78 is 19.0. The number of anilines is 1. The number of halogens is 1. The lowest BCUT2D eigenvalue weighted by molar-refractivity contribution is -0.147. The van der Waals surface area contributed by atoms with Crippen LogP contribution in [0.15, 0.2) is 35.8 Å². The van der Waals surface area contributed by atoms with Gasteiger partial charge >= 0.3 is 5.97 Å². The minimum atomic E-state index is -0.709. The number of piperazine rings is 1. The van der Waals surface area contributed by atoms with Crippen molar-refractivity contribution in [3.63, 3.8) is 0 Å². The number of carbonyl (C=O) groups is 1. The van der Waals surface area contributed by atoms with Crippen molar-refractivity contribution in [3.8, 4) is 0 Å². The number of nitrogens with zero attached hydrogens (tertiary/aromatic N) is 3. The van der Waals surface area contributed by atoms with Gasteiger partial charge in [0.15, 0.2) is 5.13 Å². The van der Waals surface area contributed by atoms with Gasteiger partial charge in [-0.25, -0.2) is 14.2 Å². The fourth-order valence-electron chi connectivity index (χ4n) is 2.82. The van der Waals surface area contributed by atoms with Gasteiger partial charge < -0.3 is 9.64 Å².